The van der Waals surface area contributed by atoms with Gasteiger partial charge in [0.25, 0.3) is 0 Å². The van der Waals surface area contributed by atoms with Crippen molar-refractivity contribution in [3.8, 4) is 0 Å². The van der Waals surface area contributed by atoms with Crippen LogP contribution in [-0.2, 0) is 6.54 Å². The summed E-state index contributed by atoms with van der Waals surface area (Å²) in [7, 11) is 0. The first-order valence-corrected chi connectivity index (χ1v) is 4.46. The monoisotopic (exact) mass is 180 g/mol. The zero-order chi connectivity index (χ0) is 9.52. The van der Waals surface area contributed by atoms with Crippen LogP contribution in [0.4, 0.5) is 0 Å². The van der Waals surface area contributed by atoms with E-state index in [1.54, 1.807) is 0 Å². The summed E-state index contributed by atoms with van der Waals surface area (Å²) in [5, 5.41) is 3.41. The van der Waals surface area contributed by atoms with Crippen LogP contribution in [0.15, 0.2) is 29.6 Å². The van der Waals surface area contributed by atoms with Gasteiger partial charge in [0.05, 0.1) is 0 Å². The smallest absolute Gasteiger partial charge is 0.119 e. The van der Waals surface area contributed by atoms with Crippen molar-refractivity contribution in [2.45, 2.75) is 25.8 Å². The lowest BCUT2D eigenvalue weighted by Gasteiger charge is -2.01. The van der Waals surface area contributed by atoms with Gasteiger partial charge in [0.2, 0.25) is 0 Å². The molecule has 72 valence electrons. The van der Waals surface area contributed by atoms with Gasteiger partial charge in [0.1, 0.15) is 5.84 Å². The molecule has 1 aromatic rings. The minimum absolute atomic E-state index is 0.535. The number of nitrogens with zero attached hydrogens (tertiary/aromatic N) is 2. The predicted octanol–water partition coefficient (Wildman–Crippen LogP) is 0.889. The molecular weight excluding hydrogens is 164 g/mol. The van der Waals surface area contributed by atoms with Crippen molar-refractivity contribution in [2.24, 2.45) is 16.7 Å². The molecule has 0 unspecified atom stereocenters. The van der Waals surface area contributed by atoms with Gasteiger partial charge >= 0.3 is 0 Å². The molecule has 0 aliphatic heterocycles. The summed E-state index contributed by atoms with van der Waals surface area (Å²) in [4.78, 5) is 0. The van der Waals surface area contributed by atoms with Crippen molar-refractivity contribution < 1.29 is 0 Å². The van der Waals surface area contributed by atoms with Crippen LogP contribution in [0.25, 0.3) is 0 Å². The van der Waals surface area contributed by atoms with E-state index in [2.05, 4.69) is 22.1 Å². The van der Waals surface area contributed by atoms with Gasteiger partial charge in [-0.15, -0.1) is 0 Å². The molecular formula is C9H16N4. The van der Waals surface area contributed by atoms with E-state index >= 15 is 0 Å². The van der Waals surface area contributed by atoms with Gasteiger partial charge in [-0.3, -0.25) is 0 Å². The minimum Gasteiger partial charge on any atom is -0.386 e. The first-order chi connectivity index (χ1) is 6.33. The average Bonchev–Trinajstić information content (AvgIpc) is 2.64. The van der Waals surface area contributed by atoms with Gasteiger partial charge in [-0.1, -0.05) is 0 Å². The van der Waals surface area contributed by atoms with Crippen molar-refractivity contribution in [3.63, 3.8) is 0 Å². The molecule has 0 radical (unpaired) electrons. The molecule has 0 aromatic carbocycles. The van der Waals surface area contributed by atoms with Gasteiger partial charge in [0.15, 0.2) is 0 Å². The van der Waals surface area contributed by atoms with Gasteiger partial charge in [-0.25, -0.2) is 0 Å². The first kappa shape index (κ1) is 9.64. The number of hydrazone groups is 1. The molecule has 0 bridgehead atoms. The maximum atomic E-state index is 5.45. The lowest BCUT2D eigenvalue weighted by Crippen LogP contribution is -2.13. The second kappa shape index (κ2) is 5.24. The maximum Gasteiger partial charge on any atom is 0.119 e. The summed E-state index contributed by atoms with van der Waals surface area (Å²) < 4.78 is 2.15. The van der Waals surface area contributed by atoms with E-state index < -0.39 is 0 Å². The number of aromatic nitrogens is 1. The van der Waals surface area contributed by atoms with E-state index in [-0.39, 0.29) is 0 Å². The Morgan fingerprint density at radius 2 is 1.92 bits per heavy atom. The molecule has 13 heavy (non-hydrogen) atoms. The summed E-state index contributed by atoms with van der Waals surface area (Å²) in [5.74, 6) is 5.54. The van der Waals surface area contributed by atoms with Crippen molar-refractivity contribution >= 4 is 5.84 Å². The first-order valence-electron chi connectivity index (χ1n) is 4.46. The zero-order valence-electron chi connectivity index (χ0n) is 7.69. The maximum absolute atomic E-state index is 5.45. The molecule has 1 heterocycles. The van der Waals surface area contributed by atoms with E-state index in [1.165, 1.54) is 0 Å². The number of nitrogens with two attached hydrogens (primary N) is 2. The Balaban J connectivity index is 2.08. The fraction of sp³-hybridized carbons (Fsp3) is 0.444. The third kappa shape index (κ3) is 3.64. The fourth-order valence-electron chi connectivity index (χ4n) is 1.18. The van der Waals surface area contributed by atoms with E-state index in [4.69, 9.17) is 11.6 Å². The molecule has 4 heteroatoms. The van der Waals surface area contributed by atoms with Crippen molar-refractivity contribution in [3.05, 3.63) is 24.5 Å². The van der Waals surface area contributed by atoms with E-state index in [0.717, 1.165) is 25.8 Å². The largest absolute Gasteiger partial charge is 0.386 e. The number of unbranched alkanes of at least 4 members (excludes halogenated alkanes) is 1. The van der Waals surface area contributed by atoms with Gasteiger partial charge in [-0.2, -0.15) is 5.10 Å². The SMILES string of the molecule is N/N=C(\N)CCCCn1cccc1. The molecule has 0 saturated carbocycles. The highest BCUT2D eigenvalue weighted by molar-refractivity contribution is 5.79. The van der Waals surface area contributed by atoms with Crippen molar-refractivity contribution in [1.29, 1.82) is 0 Å². The lowest BCUT2D eigenvalue weighted by molar-refractivity contribution is 0.621. The lowest BCUT2D eigenvalue weighted by atomic mass is 10.2. The third-order valence-electron chi connectivity index (χ3n) is 1.93. The van der Waals surface area contributed by atoms with Crippen LogP contribution in [0.5, 0.6) is 0 Å². The van der Waals surface area contributed by atoms with Crippen molar-refractivity contribution in [1.82, 2.24) is 4.57 Å². The quantitative estimate of drug-likeness (QED) is 0.232. The molecule has 0 fully saturated rings. The van der Waals surface area contributed by atoms with E-state index in [9.17, 15) is 0 Å². The molecule has 0 aliphatic rings. The normalized spacial score (nSPS) is 11.8. The average molecular weight is 180 g/mol. The molecule has 4 nitrogen and oxygen atoms in total. The standard InChI is InChI=1S/C9H16N4/c10-9(12-11)5-1-2-6-13-7-3-4-8-13/h3-4,7-8H,1-2,5-6,11H2,(H2,10,12). The molecule has 0 atom stereocenters. The highest BCUT2D eigenvalue weighted by Crippen LogP contribution is 1.99. The summed E-state index contributed by atoms with van der Waals surface area (Å²) in [6, 6.07) is 4.05. The number of hydrogen-bond acceptors (Lipinski definition) is 2. The summed E-state index contributed by atoms with van der Waals surface area (Å²) >= 11 is 0. The van der Waals surface area contributed by atoms with Crippen LogP contribution < -0.4 is 11.6 Å². The van der Waals surface area contributed by atoms with Crippen LogP contribution in [0.1, 0.15) is 19.3 Å². The zero-order valence-corrected chi connectivity index (χ0v) is 7.69. The molecule has 1 rings (SSSR count). The molecule has 1 aromatic heterocycles. The Morgan fingerprint density at radius 3 is 2.54 bits per heavy atom. The Bertz CT molecular complexity index is 251. The predicted molar refractivity (Wildman–Crippen MR) is 54.1 cm³/mol. The molecule has 0 aliphatic carbocycles. The second-order valence-corrected chi connectivity index (χ2v) is 3.00. The van der Waals surface area contributed by atoms with Crippen LogP contribution in [0.3, 0.4) is 0 Å². The van der Waals surface area contributed by atoms with Gasteiger partial charge in [-0.05, 0) is 25.0 Å². The van der Waals surface area contributed by atoms with Crippen LogP contribution in [0, 0.1) is 0 Å². The van der Waals surface area contributed by atoms with Crippen LogP contribution >= 0.6 is 0 Å². The number of amidine groups is 1. The van der Waals surface area contributed by atoms with Gasteiger partial charge in [0, 0.05) is 25.4 Å². The number of aryl methyl sites for hydroxylation is 1. The fourth-order valence-corrected chi connectivity index (χ4v) is 1.18. The Hall–Kier alpha value is -1.45. The summed E-state index contributed by atoms with van der Waals surface area (Å²) in [5.41, 5.74) is 5.45. The molecule has 0 amide bonds. The third-order valence-corrected chi connectivity index (χ3v) is 1.93. The van der Waals surface area contributed by atoms with E-state index in [1.807, 2.05) is 12.1 Å². The minimum atomic E-state index is 0.535. The number of hydrogen-bond donors (Lipinski definition) is 2. The van der Waals surface area contributed by atoms with Gasteiger partial charge < -0.3 is 16.1 Å². The second-order valence-electron chi connectivity index (χ2n) is 3.00. The highest BCUT2D eigenvalue weighted by atomic mass is 15.1. The summed E-state index contributed by atoms with van der Waals surface area (Å²) in [6.45, 7) is 1.03. The summed E-state index contributed by atoms with van der Waals surface area (Å²) in [6.07, 6.45) is 7.04. The molecule has 0 saturated heterocycles. The number of rotatable bonds is 5. The van der Waals surface area contributed by atoms with Crippen LogP contribution in [0.2, 0.25) is 0 Å². The topological polar surface area (TPSA) is 69.3 Å². The Labute approximate surface area is 78.2 Å². The van der Waals surface area contributed by atoms with Crippen molar-refractivity contribution in [2.75, 3.05) is 0 Å². The molecule has 0 spiro atoms. The Morgan fingerprint density at radius 1 is 1.23 bits per heavy atom. The Kier molecular flexibility index (Phi) is 3.88. The highest BCUT2D eigenvalue weighted by Gasteiger charge is 1.93. The van der Waals surface area contributed by atoms with Crippen LogP contribution in [-0.4, -0.2) is 10.4 Å². The molecule has 4 N–H and O–H groups in total. The van der Waals surface area contributed by atoms with E-state index in [0.29, 0.717) is 5.84 Å².